The number of nitrogens with one attached hydrogen (secondary N) is 1. The van der Waals surface area contributed by atoms with Crippen LogP contribution in [-0.2, 0) is 16.4 Å². The summed E-state index contributed by atoms with van der Waals surface area (Å²) in [4.78, 5) is 11.6. The van der Waals surface area contributed by atoms with E-state index < -0.39 is 23.1 Å². The lowest BCUT2D eigenvalue weighted by Gasteiger charge is -2.15. The topological polar surface area (TPSA) is 29.1 Å². The van der Waals surface area contributed by atoms with E-state index in [0.717, 1.165) is 6.07 Å². The van der Waals surface area contributed by atoms with Gasteiger partial charge in [-0.3, -0.25) is 4.79 Å². The van der Waals surface area contributed by atoms with Gasteiger partial charge < -0.3 is 5.32 Å². The van der Waals surface area contributed by atoms with Crippen LogP contribution in [0.15, 0.2) is 18.2 Å². The molecule has 0 atom stereocenters. The zero-order valence-electron chi connectivity index (χ0n) is 8.77. The molecule has 0 fully saturated rings. The molecule has 5 heteroatoms. The van der Waals surface area contributed by atoms with Crippen molar-refractivity contribution in [1.82, 2.24) is 0 Å². The van der Waals surface area contributed by atoms with E-state index >= 15 is 0 Å². The Labute approximate surface area is 90.5 Å². The predicted octanol–water partition coefficient (Wildman–Crippen LogP) is 2.94. The Morgan fingerprint density at radius 3 is 2.44 bits per heavy atom. The third-order valence-electron chi connectivity index (χ3n) is 2.85. The van der Waals surface area contributed by atoms with Gasteiger partial charge in [-0.05, 0) is 25.5 Å². The molecule has 86 valence electrons. The maximum Gasteiger partial charge on any atom is 0.418 e. The van der Waals surface area contributed by atoms with Crippen LogP contribution in [0.4, 0.5) is 18.9 Å². The maximum absolute atomic E-state index is 12.7. The fourth-order valence-corrected chi connectivity index (χ4v) is 1.84. The number of hydrogen-bond donors (Lipinski definition) is 1. The summed E-state index contributed by atoms with van der Waals surface area (Å²) in [6.45, 7) is 3.21. The Hall–Kier alpha value is -1.52. The molecule has 2 rings (SSSR count). The quantitative estimate of drug-likeness (QED) is 0.728. The van der Waals surface area contributed by atoms with E-state index in [2.05, 4.69) is 5.32 Å². The highest BCUT2D eigenvalue weighted by molar-refractivity contribution is 6.06. The van der Waals surface area contributed by atoms with Crippen molar-refractivity contribution in [1.29, 1.82) is 0 Å². The van der Waals surface area contributed by atoms with Gasteiger partial charge >= 0.3 is 6.18 Å². The number of alkyl halides is 3. The Morgan fingerprint density at radius 2 is 1.88 bits per heavy atom. The molecule has 0 spiro atoms. The van der Waals surface area contributed by atoms with Crippen molar-refractivity contribution in [2.75, 3.05) is 5.32 Å². The van der Waals surface area contributed by atoms with E-state index in [4.69, 9.17) is 0 Å². The molecule has 0 radical (unpaired) electrons. The first-order valence-corrected chi connectivity index (χ1v) is 4.77. The fraction of sp³-hybridized carbons (Fsp3) is 0.364. The average molecular weight is 229 g/mol. The molecule has 0 saturated heterocycles. The van der Waals surface area contributed by atoms with Gasteiger partial charge in [-0.25, -0.2) is 0 Å². The van der Waals surface area contributed by atoms with Gasteiger partial charge in [0.05, 0.1) is 16.7 Å². The molecule has 0 unspecified atom stereocenters. The molecule has 16 heavy (non-hydrogen) atoms. The van der Waals surface area contributed by atoms with E-state index in [1.807, 2.05) is 0 Å². The minimum absolute atomic E-state index is 0.106. The molecular weight excluding hydrogens is 219 g/mol. The molecular formula is C11H10F3NO. The maximum atomic E-state index is 12.7. The summed E-state index contributed by atoms with van der Waals surface area (Å²) in [7, 11) is 0. The highest BCUT2D eigenvalue weighted by atomic mass is 19.4. The SMILES string of the molecule is CC1(C)C(=O)Nc2c(C(F)(F)F)cccc21. The van der Waals surface area contributed by atoms with E-state index in [9.17, 15) is 18.0 Å². The lowest BCUT2D eigenvalue weighted by Crippen LogP contribution is -2.26. The molecule has 0 bridgehead atoms. The summed E-state index contributed by atoms with van der Waals surface area (Å²) in [5.41, 5.74) is -1.40. The summed E-state index contributed by atoms with van der Waals surface area (Å²) < 4.78 is 38.0. The Kier molecular flexibility index (Phi) is 2.05. The lowest BCUT2D eigenvalue weighted by atomic mass is 9.85. The molecule has 0 saturated carbocycles. The van der Waals surface area contributed by atoms with Crippen LogP contribution < -0.4 is 5.32 Å². The minimum Gasteiger partial charge on any atom is -0.324 e. The van der Waals surface area contributed by atoms with Gasteiger partial charge in [0.2, 0.25) is 5.91 Å². The van der Waals surface area contributed by atoms with Gasteiger partial charge in [-0.2, -0.15) is 13.2 Å². The van der Waals surface area contributed by atoms with E-state index in [-0.39, 0.29) is 5.69 Å². The third kappa shape index (κ3) is 1.38. The number of fused-ring (bicyclic) bond motifs is 1. The van der Waals surface area contributed by atoms with Crippen molar-refractivity contribution >= 4 is 11.6 Å². The van der Waals surface area contributed by atoms with Gasteiger partial charge in [-0.1, -0.05) is 12.1 Å². The second-order valence-electron chi connectivity index (χ2n) is 4.31. The van der Waals surface area contributed by atoms with Crippen LogP contribution >= 0.6 is 0 Å². The van der Waals surface area contributed by atoms with E-state index in [0.29, 0.717) is 5.56 Å². The van der Waals surface area contributed by atoms with E-state index in [1.54, 1.807) is 19.9 Å². The Bertz CT molecular complexity index is 463. The Morgan fingerprint density at radius 1 is 1.25 bits per heavy atom. The molecule has 1 heterocycles. The smallest absolute Gasteiger partial charge is 0.324 e. The molecule has 1 aliphatic rings. The van der Waals surface area contributed by atoms with Gasteiger partial charge in [0.1, 0.15) is 0 Å². The van der Waals surface area contributed by atoms with Crippen LogP contribution in [0.5, 0.6) is 0 Å². The van der Waals surface area contributed by atoms with E-state index in [1.165, 1.54) is 6.07 Å². The van der Waals surface area contributed by atoms with Crippen molar-refractivity contribution in [3.63, 3.8) is 0 Å². The van der Waals surface area contributed by atoms with Crippen LogP contribution in [-0.4, -0.2) is 5.91 Å². The first-order valence-electron chi connectivity index (χ1n) is 4.77. The van der Waals surface area contributed by atoms with Crippen molar-refractivity contribution in [2.24, 2.45) is 0 Å². The molecule has 0 aliphatic carbocycles. The predicted molar refractivity (Wildman–Crippen MR) is 53.1 cm³/mol. The monoisotopic (exact) mass is 229 g/mol. The third-order valence-corrected chi connectivity index (χ3v) is 2.85. The minimum atomic E-state index is -4.45. The van der Waals surface area contributed by atoms with Gasteiger partial charge in [0.15, 0.2) is 0 Å². The first-order chi connectivity index (χ1) is 7.24. The van der Waals surface area contributed by atoms with Gasteiger partial charge in [-0.15, -0.1) is 0 Å². The number of hydrogen-bond acceptors (Lipinski definition) is 1. The molecule has 0 aromatic heterocycles. The molecule has 1 aromatic carbocycles. The Balaban J connectivity index is 2.66. The second-order valence-corrected chi connectivity index (χ2v) is 4.31. The van der Waals surface area contributed by atoms with Crippen LogP contribution in [0.1, 0.15) is 25.0 Å². The molecule has 1 aliphatic heterocycles. The van der Waals surface area contributed by atoms with Crippen LogP contribution in [0, 0.1) is 0 Å². The van der Waals surface area contributed by atoms with Crippen molar-refractivity contribution in [3.05, 3.63) is 29.3 Å². The number of para-hydroxylation sites is 1. The molecule has 1 N–H and O–H groups in total. The number of anilines is 1. The largest absolute Gasteiger partial charge is 0.418 e. The van der Waals surface area contributed by atoms with Crippen molar-refractivity contribution in [2.45, 2.75) is 25.4 Å². The summed E-state index contributed by atoms with van der Waals surface area (Å²) in [5, 5.41) is 2.30. The average Bonchev–Trinajstić information content (AvgIpc) is 2.37. The number of carbonyl (C=O) groups excluding carboxylic acids is 1. The highest BCUT2D eigenvalue weighted by Gasteiger charge is 2.44. The summed E-state index contributed by atoms with van der Waals surface area (Å²) in [5.74, 6) is -0.404. The van der Waals surface area contributed by atoms with Crippen molar-refractivity contribution in [3.8, 4) is 0 Å². The number of halogens is 3. The lowest BCUT2D eigenvalue weighted by molar-refractivity contribution is -0.136. The van der Waals surface area contributed by atoms with Crippen molar-refractivity contribution < 1.29 is 18.0 Å². The number of rotatable bonds is 0. The molecule has 1 aromatic rings. The first kappa shape index (κ1) is 11.0. The molecule has 2 nitrogen and oxygen atoms in total. The standard InChI is InChI=1S/C11H10F3NO/c1-10(2)6-4-3-5-7(11(12,13)14)8(6)15-9(10)16/h3-5H,1-2H3,(H,15,16). The highest BCUT2D eigenvalue weighted by Crippen LogP contribution is 2.44. The summed E-state index contributed by atoms with van der Waals surface area (Å²) in [6.07, 6.45) is -4.45. The second kappa shape index (κ2) is 2.99. The number of carbonyl (C=O) groups is 1. The number of benzene rings is 1. The normalized spacial score (nSPS) is 18.2. The van der Waals surface area contributed by atoms with Crippen LogP contribution in [0.25, 0.3) is 0 Å². The van der Waals surface area contributed by atoms with Gasteiger partial charge in [0.25, 0.3) is 0 Å². The van der Waals surface area contributed by atoms with Crippen LogP contribution in [0.2, 0.25) is 0 Å². The van der Waals surface area contributed by atoms with Crippen LogP contribution in [0.3, 0.4) is 0 Å². The number of amides is 1. The summed E-state index contributed by atoms with van der Waals surface area (Å²) in [6, 6.07) is 3.84. The fourth-order valence-electron chi connectivity index (χ4n) is 1.84. The zero-order chi connectivity index (χ0) is 12.1. The summed E-state index contributed by atoms with van der Waals surface area (Å²) >= 11 is 0. The molecule has 1 amide bonds. The van der Waals surface area contributed by atoms with Gasteiger partial charge in [0, 0.05) is 0 Å². The zero-order valence-corrected chi connectivity index (χ0v) is 8.77.